The minimum atomic E-state index is 0.131. The molecule has 2 N–H and O–H groups in total. The highest BCUT2D eigenvalue weighted by molar-refractivity contribution is 5.79. The van der Waals surface area contributed by atoms with Crippen LogP contribution in [-0.2, 0) is 24.1 Å². The van der Waals surface area contributed by atoms with Gasteiger partial charge in [0.15, 0.2) is 0 Å². The fourth-order valence-corrected chi connectivity index (χ4v) is 3.15. The highest BCUT2D eigenvalue weighted by Gasteiger charge is 2.27. The summed E-state index contributed by atoms with van der Waals surface area (Å²) in [5.41, 5.74) is 3.52. The third-order valence-corrected chi connectivity index (χ3v) is 4.21. The third-order valence-electron chi connectivity index (χ3n) is 4.21. The van der Waals surface area contributed by atoms with Crippen molar-refractivity contribution in [2.45, 2.75) is 57.9 Å². The summed E-state index contributed by atoms with van der Waals surface area (Å²) in [5.74, 6) is 0.903. The van der Waals surface area contributed by atoms with Gasteiger partial charge in [0, 0.05) is 11.7 Å². The van der Waals surface area contributed by atoms with Gasteiger partial charge in [-0.2, -0.15) is 5.10 Å². The van der Waals surface area contributed by atoms with Gasteiger partial charge < -0.3 is 5.32 Å². The molecule has 0 atom stereocenters. The summed E-state index contributed by atoms with van der Waals surface area (Å²) < 4.78 is 0. The van der Waals surface area contributed by atoms with Crippen LogP contribution in [-0.4, -0.2) is 22.1 Å². The number of hydrogen-bond acceptors (Lipinski definition) is 2. The first-order valence-corrected chi connectivity index (χ1v) is 7.06. The molecule has 18 heavy (non-hydrogen) atoms. The summed E-state index contributed by atoms with van der Waals surface area (Å²) in [6.07, 6.45) is 7.33. The second kappa shape index (κ2) is 4.75. The van der Waals surface area contributed by atoms with E-state index in [1.807, 2.05) is 0 Å². The van der Waals surface area contributed by atoms with E-state index in [0.717, 1.165) is 37.3 Å². The van der Waals surface area contributed by atoms with E-state index in [2.05, 4.69) is 22.4 Å². The summed E-state index contributed by atoms with van der Waals surface area (Å²) in [7, 11) is 0. The topological polar surface area (TPSA) is 57.8 Å². The van der Waals surface area contributed by atoms with Crippen molar-refractivity contribution >= 4 is 5.91 Å². The molecule has 0 bridgehead atoms. The van der Waals surface area contributed by atoms with Gasteiger partial charge in [0.1, 0.15) is 0 Å². The third kappa shape index (κ3) is 2.28. The molecule has 1 saturated carbocycles. The molecule has 1 amide bonds. The van der Waals surface area contributed by atoms with Crippen LogP contribution < -0.4 is 5.32 Å². The van der Waals surface area contributed by atoms with E-state index in [1.165, 1.54) is 24.1 Å². The molecular weight excluding hydrogens is 226 g/mol. The normalized spacial score (nSPS) is 26.3. The quantitative estimate of drug-likeness (QED) is 0.855. The highest BCUT2D eigenvalue weighted by Crippen LogP contribution is 2.26. The molecule has 1 aromatic rings. The van der Waals surface area contributed by atoms with Crippen LogP contribution in [0.15, 0.2) is 0 Å². The van der Waals surface area contributed by atoms with Gasteiger partial charge in [0.05, 0.1) is 12.1 Å². The molecule has 4 nitrogen and oxygen atoms in total. The van der Waals surface area contributed by atoms with Gasteiger partial charge in [0.25, 0.3) is 0 Å². The molecular formula is C14H21N3O. The first-order chi connectivity index (χ1) is 8.72. The van der Waals surface area contributed by atoms with E-state index in [0.29, 0.717) is 12.5 Å². The minimum Gasteiger partial charge on any atom is -0.353 e. The fraction of sp³-hybridized carbons (Fsp3) is 0.714. The molecule has 1 fully saturated rings. The molecule has 1 aromatic heterocycles. The lowest BCUT2D eigenvalue weighted by Gasteiger charge is -2.33. The zero-order chi connectivity index (χ0) is 12.5. The largest absolute Gasteiger partial charge is 0.353 e. The number of amides is 1. The van der Waals surface area contributed by atoms with Crippen molar-refractivity contribution < 1.29 is 4.79 Å². The molecule has 3 rings (SSSR count). The van der Waals surface area contributed by atoms with E-state index < -0.39 is 0 Å². The Balaban J connectivity index is 1.58. The maximum absolute atomic E-state index is 11.9. The van der Waals surface area contributed by atoms with Gasteiger partial charge in [-0.15, -0.1) is 0 Å². The van der Waals surface area contributed by atoms with Gasteiger partial charge in [-0.3, -0.25) is 9.89 Å². The van der Waals surface area contributed by atoms with Crippen LogP contribution in [0, 0.1) is 5.92 Å². The number of hydrogen-bond donors (Lipinski definition) is 2. The fourth-order valence-electron chi connectivity index (χ4n) is 3.15. The maximum atomic E-state index is 11.9. The summed E-state index contributed by atoms with van der Waals surface area (Å²) >= 11 is 0. The Morgan fingerprint density at radius 1 is 1.39 bits per heavy atom. The lowest BCUT2D eigenvalue weighted by molar-refractivity contribution is -0.122. The number of nitrogens with zero attached hydrogens (tertiary/aromatic N) is 1. The summed E-state index contributed by atoms with van der Waals surface area (Å²) in [6.45, 7) is 2.23. The van der Waals surface area contributed by atoms with Crippen molar-refractivity contribution in [3.05, 3.63) is 17.0 Å². The van der Waals surface area contributed by atoms with Gasteiger partial charge in [-0.05, 0) is 50.0 Å². The molecule has 0 aliphatic heterocycles. The van der Waals surface area contributed by atoms with E-state index >= 15 is 0 Å². The van der Waals surface area contributed by atoms with Crippen molar-refractivity contribution in [3.8, 4) is 0 Å². The van der Waals surface area contributed by atoms with Gasteiger partial charge in [0.2, 0.25) is 5.91 Å². The SMILES string of the molecule is CC1CC(NC(=O)Cc2n[nH]c3c2CCCC3)C1. The maximum Gasteiger partial charge on any atom is 0.226 e. The monoisotopic (exact) mass is 247 g/mol. The predicted molar refractivity (Wildman–Crippen MR) is 69.3 cm³/mol. The second-order valence-electron chi connectivity index (χ2n) is 5.85. The van der Waals surface area contributed by atoms with Crippen LogP contribution in [0.4, 0.5) is 0 Å². The smallest absolute Gasteiger partial charge is 0.226 e. The van der Waals surface area contributed by atoms with Crippen molar-refractivity contribution in [2.75, 3.05) is 0 Å². The van der Waals surface area contributed by atoms with Crippen LogP contribution in [0.25, 0.3) is 0 Å². The number of carbonyl (C=O) groups is 1. The molecule has 2 aliphatic rings. The number of fused-ring (bicyclic) bond motifs is 1. The Morgan fingerprint density at radius 3 is 2.94 bits per heavy atom. The number of aromatic nitrogens is 2. The van der Waals surface area contributed by atoms with E-state index in [4.69, 9.17) is 0 Å². The second-order valence-corrected chi connectivity index (χ2v) is 5.85. The molecule has 4 heteroatoms. The predicted octanol–water partition coefficient (Wildman–Crippen LogP) is 1.75. The molecule has 0 radical (unpaired) electrons. The first-order valence-electron chi connectivity index (χ1n) is 7.06. The number of rotatable bonds is 3. The lowest BCUT2D eigenvalue weighted by atomic mass is 9.82. The Kier molecular flexibility index (Phi) is 3.10. The first kappa shape index (κ1) is 11.8. The summed E-state index contributed by atoms with van der Waals surface area (Å²) in [5, 5.41) is 10.5. The molecule has 2 aliphatic carbocycles. The van der Waals surface area contributed by atoms with Gasteiger partial charge >= 0.3 is 0 Å². The number of aromatic amines is 1. The van der Waals surface area contributed by atoms with E-state index in [9.17, 15) is 4.79 Å². The minimum absolute atomic E-state index is 0.131. The van der Waals surface area contributed by atoms with Crippen LogP contribution in [0.2, 0.25) is 0 Å². The van der Waals surface area contributed by atoms with Crippen molar-refractivity contribution in [1.82, 2.24) is 15.5 Å². The molecule has 1 heterocycles. The van der Waals surface area contributed by atoms with Gasteiger partial charge in [-0.1, -0.05) is 6.92 Å². The highest BCUT2D eigenvalue weighted by atomic mass is 16.1. The molecule has 0 saturated heterocycles. The zero-order valence-corrected chi connectivity index (χ0v) is 11.0. The number of aryl methyl sites for hydroxylation is 1. The van der Waals surface area contributed by atoms with E-state index in [-0.39, 0.29) is 5.91 Å². The Bertz CT molecular complexity index is 446. The standard InChI is InChI=1S/C14H21N3O/c1-9-6-10(7-9)15-14(18)8-13-11-4-2-3-5-12(11)16-17-13/h9-10H,2-8H2,1H3,(H,15,18)(H,16,17). The average molecular weight is 247 g/mol. The zero-order valence-electron chi connectivity index (χ0n) is 11.0. The Morgan fingerprint density at radius 2 is 2.17 bits per heavy atom. The summed E-state index contributed by atoms with van der Waals surface area (Å²) in [4.78, 5) is 11.9. The number of carbonyl (C=O) groups excluding carboxylic acids is 1. The molecule has 0 aromatic carbocycles. The van der Waals surface area contributed by atoms with E-state index in [1.54, 1.807) is 0 Å². The molecule has 0 spiro atoms. The van der Waals surface area contributed by atoms with Crippen LogP contribution in [0.1, 0.15) is 49.6 Å². The van der Waals surface area contributed by atoms with Gasteiger partial charge in [-0.25, -0.2) is 0 Å². The van der Waals surface area contributed by atoms with Crippen molar-refractivity contribution in [3.63, 3.8) is 0 Å². The van der Waals surface area contributed by atoms with Crippen molar-refractivity contribution in [2.24, 2.45) is 5.92 Å². The average Bonchev–Trinajstić information content (AvgIpc) is 2.71. The van der Waals surface area contributed by atoms with Crippen LogP contribution in [0.5, 0.6) is 0 Å². The number of H-pyrrole nitrogens is 1. The molecule has 98 valence electrons. The van der Waals surface area contributed by atoms with Crippen molar-refractivity contribution in [1.29, 1.82) is 0 Å². The summed E-state index contributed by atoms with van der Waals surface area (Å²) in [6, 6.07) is 0.405. The Hall–Kier alpha value is -1.32. The van der Waals surface area contributed by atoms with Crippen LogP contribution in [0.3, 0.4) is 0 Å². The molecule has 0 unspecified atom stereocenters. The van der Waals surface area contributed by atoms with Crippen LogP contribution >= 0.6 is 0 Å². The Labute approximate surface area is 108 Å². The lowest BCUT2D eigenvalue weighted by Crippen LogP contribution is -2.44. The number of nitrogens with one attached hydrogen (secondary N) is 2.